The van der Waals surface area contributed by atoms with Gasteiger partial charge in [-0.05, 0) is 31.2 Å². The van der Waals surface area contributed by atoms with Gasteiger partial charge in [-0.25, -0.2) is 0 Å². The minimum atomic E-state index is -0.0789. The van der Waals surface area contributed by atoms with Crippen molar-refractivity contribution in [3.8, 4) is 10.8 Å². The van der Waals surface area contributed by atoms with Crippen molar-refractivity contribution in [2.24, 2.45) is 0 Å². The summed E-state index contributed by atoms with van der Waals surface area (Å²) in [5, 5.41) is 6.90. The number of nitrogens with zero attached hydrogens (tertiary/aromatic N) is 2. The molecular weight excluding hydrogens is 322 g/mol. The summed E-state index contributed by atoms with van der Waals surface area (Å²) in [5.41, 5.74) is 1.80. The smallest absolute Gasteiger partial charge is 0.268 e. The minimum Gasteiger partial charge on any atom is -0.347 e. The summed E-state index contributed by atoms with van der Waals surface area (Å²) in [6, 6.07) is 11.4. The molecule has 1 N–H and O–H groups in total. The van der Waals surface area contributed by atoms with E-state index in [-0.39, 0.29) is 11.8 Å². The average Bonchev–Trinajstić information content (AvgIpc) is 3.22. The Morgan fingerprint density at radius 3 is 2.62 bits per heavy atom. The first-order chi connectivity index (χ1) is 11.5. The first-order valence-corrected chi connectivity index (χ1v) is 8.62. The topological polar surface area (TPSA) is 68.0 Å². The molecule has 0 aliphatic carbocycles. The van der Waals surface area contributed by atoms with E-state index in [1.807, 2.05) is 57.2 Å². The van der Waals surface area contributed by atoms with Crippen LogP contribution in [0.1, 0.15) is 46.4 Å². The Hall–Kier alpha value is -2.47. The second-order valence-electron chi connectivity index (χ2n) is 5.93. The van der Waals surface area contributed by atoms with E-state index in [0.29, 0.717) is 23.8 Å². The molecule has 2 heterocycles. The summed E-state index contributed by atoms with van der Waals surface area (Å²) in [6.45, 7) is 6.52. The van der Waals surface area contributed by atoms with Gasteiger partial charge in [0.05, 0.1) is 11.4 Å². The average molecular weight is 341 g/mol. The number of nitrogens with one attached hydrogen (secondary N) is 1. The number of benzene rings is 1. The van der Waals surface area contributed by atoms with Crippen LogP contribution in [0, 0.1) is 6.92 Å². The molecule has 6 heteroatoms. The van der Waals surface area contributed by atoms with E-state index in [2.05, 4.69) is 15.5 Å². The summed E-state index contributed by atoms with van der Waals surface area (Å²) in [5.74, 6) is 1.38. The van der Waals surface area contributed by atoms with Crippen LogP contribution in [0.5, 0.6) is 0 Å². The van der Waals surface area contributed by atoms with Gasteiger partial charge in [0.2, 0.25) is 0 Å². The summed E-state index contributed by atoms with van der Waals surface area (Å²) >= 11 is 1.54. The molecule has 0 fully saturated rings. The first-order valence-electron chi connectivity index (χ1n) is 7.80. The second kappa shape index (κ2) is 6.97. The predicted molar refractivity (Wildman–Crippen MR) is 94.0 cm³/mol. The molecule has 0 saturated heterocycles. The third-order valence-corrected chi connectivity index (χ3v) is 4.64. The molecular formula is C18H19N3O2S. The highest BCUT2D eigenvalue weighted by Gasteiger charge is 2.14. The minimum absolute atomic E-state index is 0.0789. The van der Waals surface area contributed by atoms with Crippen LogP contribution in [0.3, 0.4) is 0 Å². The van der Waals surface area contributed by atoms with Gasteiger partial charge in [-0.2, -0.15) is 4.98 Å². The largest absolute Gasteiger partial charge is 0.347 e. The van der Waals surface area contributed by atoms with Crippen LogP contribution in [0.2, 0.25) is 0 Å². The fraction of sp³-hybridized carbons (Fsp3) is 0.278. The van der Waals surface area contributed by atoms with Crippen molar-refractivity contribution in [2.75, 3.05) is 0 Å². The van der Waals surface area contributed by atoms with Crippen molar-refractivity contribution >= 4 is 17.2 Å². The zero-order valence-electron chi connectivity index (χ0n) is 13.9. The lowest BCUT2D eigenvalue weighted by Crippen LogP contribution is -2.22. The van der Waals surface area contributed by atoms with Crippen molar-refractivity contribution in [3.05, 3.63) is 58.2 Å². The Kier molecular flexibility index (Phi) is 4.76. The molecule has 0 atom stereocenters. The third kappa shape index (κ3) is 3.71. The van der Waals surface area contributed by atoms with E-state index in [0.717, 1.165) is 15.3 Å². The monoisotopic (exact) mass is 341 g/mol. The van der Waals surface area contributed by atoms with Gasteiger partial charge in [0, 0.05) is 16.4 Å². The maximum atomic E-state index is 12.1. The first kappa shape index (κ1) is 16.4. The zero-order chi connectivity index (χ0) is 17.1. The standard InChI is InChI=1S/C18H19N3O2S/c1-11(2)16-20-18(23-21-16)15-9-8-14(24-15)10-19-17(22)13-6-4-12(3)5-7-13/h4-9,11H,10H2,1-3H3,(H,19,22). The molecule has 2 aromatic heterocycles. The Morgan fingerprint density at radius 2 is 1.96 bits per heavy atom. The Morgan fingerprint density at radius 1 is 1.21 bits per heavy atom. The van der Waals surface area contributed by atoms with Crippen LogP contribution in [0.25, 0.3) is 10.8 Å². The molecule has 0 radical (unpaired) electrons. The van der Waals surface area contributed by atoms with Gasteiger partial charge < -0.3 is 9.84 Å². The molecule has 0 spiro atoms. The Bertz CT molecular complexity index is 834. The molecule has 24 heavy (non-hydrogen) atoms. The number of hydrogen-bond donors (Lipinski definition) is 1. The molecule has 3 aromatic rings. The number of rotatable bonds is 5. The maximum Gasteiger partial charge on any atom is 0.268 e. The summed E-state index contributed by atoms with van der Waals surface area (Å²) in [4.78, 5) is 18.5. The lowest BCUT2D eigenvalue weighted by molar-refractivity contribution is 0.0951. The maximum absolute atomic E-state index is 12.1. The predicted octanol–water partition coefficient (Wildman–Crippen LogP) is 4.16. The number of carbonyl (C=O) groups excluding carboxylic acids is 1. The highest BCUT2D eigenvalue weighted by atomic mass is 32.1. The fourth-order valence-corrected chi connectivity index (χ4v) is 3.00. The summed E-state index contributed by atoms with van der Waals surface area (Å²) < 4.78 is 5.29. The van der Waals surface area contributed by atoms with E-state index >= 15 is 0 Å². The van der Waals surface area contributed by atoms with Crippen molar-refractivity contribution in [2.45, 2.75) is 33.2 Å². The van der Waals surface area contributed by atoms with Crippen molar-refractivity contribution in [1.82, 2.24) is 15.5 Å². The molecule has 0 aliphatic rings. The molecule has 1 aromatic carbocycles. The zero-order valence-corrected chi connectivity index (χ0v) is 14.7. The van der Waals surface area contributed by atoms with Gasteiger partial charge in [0.25, 0.3) is 11.8 Å². The number of amides is 1. The van der Waals surface area contributed by atoms with E-state index in [9.17, 15) is 4.79 Å². The van der Waals surface area contributed by atoms with Crippen LogP contribution in [0.15, 0.2) is 40.9 Å². The van der Waals surface area contributed by atoms with Crippen molar-refractivity contribution < 1.29 is 9.32 Å². The van der Waals surface area contributed by atoms with Crippen LogP contribution in [-0.4, -0.2) is 16.0 Å². The molecule has 0 saturated carbocycles. The normalized spacial score (nSPS) is 11.0. The molecule has 5 nitrogen and oxygen atoms in total. The Balaban J connectivity index is 1.63. The van der Waals surface area contributed by atoms with E-state index < -0.39 is 0 Å². The van der Waals surface area contributed by atoms with Crippen LogP contribution >= 0.6 is 11.3 Å². The number of thiophene rings is 1. The molecule has 3 rings (SSSR count). The molecule has 0 aliphatic heterocycles. The fourth-order valence-electron chi connectivity index (χ4n) is 2.13. The quantitative estimate of drug-likeness (QED) is 0.756. The molecule has 0 unspecified atom stereocenters. The van der Waals surface area contributed by atoms with Crippen LogP contribution in [0.4, 0.5) is 0 Å². The van der Waals surface area contributed by atoms with Crippen molar-refractivity contribution in [1.29, 1.82) is 0 Å². The summed E-state index contributed by atoms with van der Waals surface area (Å²) in [6.07, 6.45) is 0. The molecule has 1 amide bonds. The van der Waals surface area contributed by atoms with Crippen LogP contribution in [-0.2, 0) is 6.54 Å². The number of aromatic nitrogens is 2. The van der Waals surface area contributed by atoms with Gasteiger partial charge in [0.1, 0.15) is 0 Å². The third-order valence-electron chi connectivity index (χ3n) is 3.57. The van der Waals surface area contributed by atoms with E-state index in [4.69, 9.17) is 4.52 Å². The Labute approximate surface area is 144 Å². The van der Waals surface area contributed by atoms with Crippen molar-refractivity contribution in [3.63, 3.8) is 0 Å². The van der Waals surface area contributed by atoms with Gasteiger partial charge in [0.15, 0.2) is 5.82 Å². The molecule has 0 bridgehead atoms. The van der Waals surface area contributed by atoms with Gasteiger partial charge in [-0.15, -0.1) is 11.3 Å². The molecule has 124 valence electrons. The van der Waals surface area contributed by atoms with Gasteiger partial charge in [-0.1, -0.05) is 36.7 Å². The van der Waals surface area contributed by atoms with Gasteiger partial charge >= 0.3 is 0 Å². The number of aryl methyl sites for hydroxylation is 1. The van der Waals surface area contributed by atoms with Crippen LogP contribution < -0.4 is 5.32 Å². The number of carbonyl (C=O) groups is 1. The summed E-state index contributed by atoms with van der Waals surface area (Å²) in [7, 11) is 0. The lowest BCUT2D eigenvalue weighted by atomic mass is 10.1. The van der Waals surface area contributed by atoms with Gasteiger partial charge in [-0.3, -0.25) is 4.79 Å². The van der Waals surface area contributed by atoms with E-state index in [1.54, 1.807) is 0 Å². The van der Waals surface area contributed by atoms with E-state index in [1.165, 1.54) is 11.3 Å². The highest BCUT2D eigenvalue weighted by Crippen LogP contribution is 2.27. The number of hydrogen-bond acceptors (Lipinski definition) is 5. The highest BCUT2D eigenvalue weighted by molar-refractivity contribution is 7.15. The second-order valence-corrected chi connectivity index (χ2v) is 7.10. The SMILES string of the molecule is Cc1ccc(C(=O)NCc2ccc(-c3nc(C(C)C)no3)s2)cc1. The lowest BCUT2D eigenvalue weighted by Gasteiger charge is -2.03.